The molecular weight excluding hydrogens is 212 g/mol. The molecule has 1 aromatic rings. The van der Waals surface area contributed by atoms with E-state index in [1.54, 1.807) is 0 Å². The Balaban J connectivity index is 2.76. The summed E-state index contributed by atoms with van der Waals surface area (Å²) in [5.41, 5.74) is 2.06. The van der Waals surface area contributed by atoms with Crippen LogP contribution in [-0.4, -0.2) is 16.3 Å². The molecule has 0 aromatic heterocycles. The first kappa shape index (κ1) is 14.2. The van der Waals surface area contributed by atoms with Gasteiger partial charge in [0.25, 0.3) is 0 Å². The predicted octanol–water partition coefficient (Wildman–Crippen LogP) is 3.08. The summed E-state index contributed by atoms with van der Waals surface area (Å²) in [7, 11) is 0. The maximum Gasteiger partial charge on any atom is 0.105 e. The van der Waals surface area contributed by atoms with Crippen molar-refractivity contribution in [3.63, 3.8) is 0 Å². The lowest BCUT2D eigenvalue weighted by molar-refractivity contribution is -0.0209. The maximum atomic E-state index is 10.1. The number of rotatable bonds is 6. The van der Waals surface area contributed by atoms with Gasteiger partial charge in [-0.1, -0.05) is 57.9 Å². The van der Waals surface area contributed by atoms with E-state index in [4.69, 9.17) is 0 Å². The molecule has 0 bridgehead atoms. The molecule has 0 heterocycles. The number of hydrogen-bond donors (Lipinski definition) is 2. The topological polar surface area (TPSA) is 40.5 Å². The molecule has 2 unspecified atom stereocenters. The number of aliphatic hydroxyl groups excluding tert-OH is 2. The second kappa shape index (κ2) is 6.77. The molecule has 2 atom stereocenters. The van der Waals surface area contributed by atoms with Crippen LogP contribution in [0.4, 0.5) is 0 Å². The van der Waals surface area contributed by atoms with E-state index in [1.165, 1.54) is 5.56 Å². The zero-order valence-corrected chi connectivity index (χ0v) is 11.1. The molecule has 1 rings (SSSR count). The molecule has 0 saturated heterocycles. The van der Waals surface area contributed by atoms with E-state index in [-0.39, 0.29) is 5.92 Å². The Morgan fingerprint density at radius 2 is 1.47 bits per heavy atom. The molecule has 2 heteroatoms. The van der Waals surface area contributed by atoms with Crippen molar-refractivity contribution in [2.24, 2.45) is 5.92 Å². The van der Waals surface area contributed by atoms with Crippen LogP contribution in [0.1, 0.15) is 50.8 Å². The molecule has 0 spiro atoms. The highest BCUT2D eigenvalue weighted by atomic mass is 16.3. The lowest BCUT2D eigenvalue weighted by atomic mass is 9.89. The standard InChI is InChI=1S/C15H24O2/c1-4-11-7-9-13(10-8-11)15(17)14(16)12(5-2)6-3/h7-10,12,14-17H,4-6H2,1-3H3. The third-order valence-corrected chi connectivity index (χ3v) is 3.58. The molecule has 2 nitrogen and oxygen atoms in total. The third kappa shape index (κ3) is 3.55. The summed E-state index contributed by atoms with van der Waals surface area (Å²) in [6.45, 7) is 6.19. The molecule has 1 aromatic carbocycles. The number of aryl methyl sites for hydroxylation is 1. The van der Waals surface area contributed by atoms with Gasteiger partial charge in [-0.2, -0.15) is 0 Å². The van der Waals surface area contributed by atoms with Gasteiger partial charge in [0.05, 0.1) is 6.10 Å². The van der Waals surface area contributed by atoms with Gasteiger partial charge in [-0.3, -0.25) is 0 Å². The van der Waals surface area contributed by atoms with E-state index in [0.717, 1.165) is 24.8 Å². The van der Waals surface area contributed by atoms with Crippen molar-refractivity contribution >= 4 is 0 Å². The van der Waals surface area contributed by atoms with Crippen LogP contribution in [0.25, 0.3) is 0 Å². The Bertz CT molecular complexity index is 314. The van der Waals surface area contributed by atoms with Gasteiger partial charge in [0.1, 0.15) is 6.10 Å². The van der Waals surface area contributed by atoms with Crippen molar-refractivity contribution < 1.29 is 10.2 Å². The van der Waals surface area contributed by atoms with E-state index in [9.17, 15) is 10.2 Å². The average Bonchev–Trinajstić information content (AvgIpc) is 2.39. The summed E-state index contributed by atoms with van der Waals surface area (Å²) < 4.78 is 0. The van der Waals surface area contributed by atoms with Crippen molar-refractivity contribution in [1.29, 1.82) is 0 Å². The summed E-state index contributed by atoms with van der Waals surface area (Å²) in [5.74, 6) is 0.163. The Labute approximate surface area is 104 Å². The van der Waals surface area contributed by atoms with Crippen molar-refractivity contribution in [2.45, 2.75) is 52.2 Å². The zero-order valence-electron chi connectivity index (χ0n) is 11.1. The highest BCUT2D eigenvalue weighted by Gasteiger charge is 2.24. The fourth-order valence-electron chi connectivity index (χ4n) is 2.18. The molecule has 96 valence electrons. The lowest BCUT2D eigenvalue weighted by Gasteiger charge is -2.25. The quantitative estimate of drug-likeness (QED) is 0.797. The van der Waals surface area contributed by atoms with Crippen LogP contribution in [0, 0.1) is 5.92 Å². The van der Waals surface area contributed by atoms with Gasteiger partial charge >= 0.3 is 0 Å². The number of hydrogen-bond acceptors (Lipinski definition) is 2. The normalized spacial score (nSPS) is 14.9. The van der Waals surface area contributed by atoms with Gasteiger partial charge in [0, 0.05) is 0 Å². The van der Waals surface area contributed by atoms with Gasteiger partial charge in [-0.25, -0.2) is 0 Å². The number of benzene rings is 1. The highest BCUT2D eigenvalue weighted by Crippen LogP contribution is 2.26. The monoisotopic (exact) mass is 236 g/mol. The van der Waals surface area contributed by atoms with Gasteiger partial charge in [0.2, 0.25) is 0 Å². The third-order valence-electron chi connectivity index (χ3n) is 3.58. The summed E-state index contributed by atoms with van der Waals surface area (Å²) in [6, 6.07) is 7.85. The van der Waals surface area contributed by atoms with Crippen LogP contribution < -0.4 is 0 Å². The van der Waals surface area contributed by atoms with Crippen LogP contribution in [0.15, 0.2) is 24.3 Å². The van der Waals surface area contributed by atoms with Crippen molar-refractivity contribution in [3.8, 4) is 0 Å². The fourth-order valence-corrected chi connectivity index (χ4v) is 2.18. The van der Waals surface area contributed by atoms with E-state index in [1.807, 2.05) is 38.1 Å². The lowest BCUT2D eigenvalue weighted by Crippen LogP contribution is -2.27. The highest BCUT2D eigenvalue weighted by molar-refractivity contribution is 5.24. The average molecular weight is 236 g/mol. The summed E-state index contributed by atoms with van der Waals surface area (Å²) >= 11 is 0. The fraction of sp³-hybridized carbons (Fsp3) is 0.600. The van der Waals surface area contributed by atoms with Crippen LogP contribution >= 0.6 is 0 Å². The molecule has 0 fully saturated rings. The molecule has 0 amide bonds. The first-order chi connectivity index (χ1) is 8.13. The Kier molecular flexibility index (Phi) is 5.66. The maximum absolute atomic E-state index is 10.1. The van der Waals surface area contributed by atoms with Gasteiger partial charge in [0.15, 0.2) is 0 Å². The molecule has 0 aliphatic carbocycles. The molecule has 2 N–H and O–H groups in total. The van der Waals surface area contributed by atoms with Crippen molar-refractivity contribution in [3.05, 3.63) is 35.4 Å². The molecule has 17 heavy (non-hydrogen) atoms. The molecule has 0 aliphatic heterocycles. The smallest absolute Gasteiger partial charge is 0.105 e. The van der Waals surface area contributed by atoms with Crippen molar-refractivity contribution in [2.75, 3.05) is 0 Å². The van der Waals surface area contributed by atoms with Crippen molar-refractivity contribution in [1.82, 2.24) is 0 Å². The second-order valence-electron chi connectivity index (χ2n) is 4.61. The SMILES string of the molecule is CCc1ccc(C(O)C(O)C(CC)CC)cc1. The number of aliphatic hydroxyl groups is 2. The van der Waals surface area contributed by atoms with Crippen LogP contribution in [0.2, 0.25) is 0 Å². The first-order valence-electron chi connectivity index (χ1n) is 6.58. The summed E-state index contributed by atoms with van der Waals surface area (Å²) in [6.07, 6.45) is 1.33. The molecular formula is C15H24O2. The minimum Gasteiger partial charge on any atom is -0.390 e. The summed E-state index contributed by atoms with van der Waals surface area (Å²) in [4.78, 5) is 0. The van der Waals surface area contributed by atoms with Gasteiger partial charge in [-0.15, -0.1) is 0 Å². The van der Waals surface area contributed by atoms with E-state index < -0.39 is 12.2 Å². The van der Waals surface area contributed by atoms with E-state index in [2.05, 4.69) is 6.92 Å². The Hall–Kier alpha value is -0.860. The van der Waals surface area contributed by atoms with Gasteiger partial charge < -0.3 is 10.2 Å². The van der Waals surface area contributed by atoms with Crippen LogP contribution in [0.5, 0.6) is 0 Å². The minimum absolute atomic E-state index is 0.163. The first-order valence-corrected chi connectivity index (χ1v) is 6.58. The largest absolute Gasteiger partial charge is 0.390 e. The molecule has 0 radical (unpaired) electrons. The van der Waals surface area contributed by atoms with Crippen LogP contribution in [0.3, 0.4) is 0 Å². The van der Waals surface area contributed by atoms with E-state index >= 15 is 0 Å². The predicted molar refractivity (Wildman–Crippen MR) is 70.9 cm³/mol. The Morgan fingerprint density at radius 3 is 1.88 bits per heavy atom. The molecule has 0 saturated carbocycles. The van der Waals surface area contributed by atoms with E-state index in [0.29, 0.717) is 0 Å². The molecule has 0 aliphatic rings. The minimum atomic E-state index is -0.772. The zero-order chi connectivity index (χ0) is 12.8. The Morgan fingerprint density at radius 1 is 0.941 bits per heavy atom. The van der Waals surface area contributed by atoms with Gasteiger partial charge in [-0.05, 0) is 23.5 Å². The second-order valence-corrected chi connectivity index (χ2v) is 4.61. The summed E-state index contributed by atoms with van der Waals surface area (Å²) in [5, 5.41) is 20.2. The van der Waals surface area contributed by atoms with Crippen LogP contribution in [-0.2, 0) is 6.42 Å².